The van der Waals surface area contributed by atoms with Crippen molar-refractivity contribution in [2.24, 2.45) is 5.73 Å². The van der Waals surface area contributed by atoms with Gasteiger partial charge in [-0.05, 0) is 43.9 Å². The molecule has 0 radical (unpaired) electrons. The molecule has 2 fully saturated rings. The molecule has 2 heterocycles. The molecular formula is C28H41N3O5S. The second-order valence-corrected chi connectivity index (χ2v) is 12.4. The highest BCUT2D eigenvalue weighted by Crippen LogP contribution is 2.51. The highest BCUT2D eigenvalue weighted by atomic mass is 32.2. The Morgan fingerprint density at radius 2 is 1.70 bits per heavy atom. The van der Waals surface area contributed by atoms with Gasteiger partial charge in [-0.2, -0.15) is 4.31 Å². The quantitative estimate of drug-likeness (QED) is 0.280. The Labute approximate surface area is 220 Å². The van der Waals surface area contributed by atoms with Gasteiger partial charge in [0.15, 0.2) is 6.73 Å². The topological polar surface area (TPSA) is 112 Å². The Hall–Kier alpha value is -2.23. The fourth-order valence-electron chi connectivity index (χ4n) is 5.57. The lowest BCUT2D eigenvalue weighted by atomic mass is 10.1. The van der Waals surface area contributed by atoms with E-state index in [0.29, 0.717) is 24.8 Å². The summed E-state index contributed by atoms with van der Waals surface area (Å²) in [7, 11) is -3.80. The van der Waals surface area contributed by atoms with Gasteiger partial charge in [-0.1, -0.05) is 64.4 Å². The first kappa shape index (κ1) is 27.8. The number of unbranched alkanes of at least 4 members (excludes halogenated alkanes) is 8. The largest absolute Gasteiger partial charge is 0.444 e. The number of aromatic nitrogens is 1. The molecule has 0 bridgehead atoms. The smallest absolute Gasteiger partial charge is 0.307 e. The molecule has 1 spiro atoms. The lowest BCUT2D eigenvalue weighted by molar-refractivity contribution is -0.147. The molecule has 2 aromatic rings. The number of nitrogens with two attached hydrogens (primary N) is 1. The predicted molar refractivity (Wildman–Crippen MR) is 145 cm³/mol. The van der Waals surface area contributed by atoms with Gasteiger partial charge in [-0.15, -0.1) is 0 Å². The minimum Gasteiger partial charge on any atom is -0.444 e. The van der Waals surface area contributed by atoms with E-state index in [1.54, 1.807) is 28.6 Å². The lowest BCUT2D eigenvalue weighted by Gasteiger charge is -2.26. The summed E-state index contributed by atoms with van der Waals surface area (Å²) in [5.74, 6) is -0.327. The zero-order valence-electron chi connectivity index (χ0n) is 22.0. The third-order valence-electron chi connectivity index (χ3n) is 7.99. The van der Waals surface area contributed by atoms with Crippen molar-refractivity contribution in [1.82, 2.24) is 8.87 Å². The van der Waals surface area contributed by atoms with E-state index in [1.165, 1.54) is 49.3 Å². The summed E-state index contributed by atoms with van der Waals surface area (Å²) in [6.07, 6.45) is 14.5. The van der Waals surface area contributed by atoms with Crippen LogP contribution in [-0.4, -0.2) is 41.4 Å². The molecule has 8 nitrogen and oxygen atoms in total. The summed E-state index contributed by atoms with van der Waals surface area (Å²) in [6, 6.07) is 6.21. The van der Waals surface area contributed by atoms with Crippen LogP contribution < -0.4 is 11.3 Å². The normalized spacial score (nSPS) is 19.0. The SMILES string of the molecule is CCCCCCCCCCCC(=O)OCn1ccc2c(S(=O)(=O)N3CC[C@H](N)C34CC4)cccc2c1=O. The van der Waals surface area contributed by atoms with Gasteiger partial charge in [0.1, 0.15) is 0 Å². The molecule has 4 rings (SSSR count). The van der Waals surface area contributed by atoms with E-state index in [1.807, 2.05) is 0 Å². The van der Waals surface area contributed by atoms with Crippen LogP contribution in [0.15, 0.2) is 40.2 Å². The maximum atomic E-state index is 13.6. The van der Waals surface area contributed by atoms with Crippen LogP contribution in [0, 0.1) is 0 Å². The Kier molecular flexibility index (Phi) is 9.08. The van der Waals surface area contributed by atoms with Crippen LogP contribution in [0.1, 0.15) is 90.4 Å². The zero-order valence-corrected chi connectivity index (χ0v) is 22.8. The van der Waals surface area contributed by atoms with Crippen LogP contribution in [0.3, 0.4) is 0 Å². The van der Waals surface area contributed by atoms with Crippen LogP contribution in [-0.2, 0) is 26.3 Å². The molecular weight excluding hydrogens is 490 g/mol. The van der Waals surface area contributed by atoms with Crippen molar-refractivity contribution in [1.29, 1.82) is 0 Å². The highest BCUT2D eigenvalue weighted by Gasteiger charge is 2.60. The van der Waals surface area contributed by atoms with Gasteiger partial charge in [-0.3, -0.25) is 14.2 Å². The Balaban J connectivity index is 1.33. The van der Waals surface area contributed by atoms with Gasteiger partial charge in [0.2, 0.25) is 10.0 Å². The van der Waals surface area contributed by atoms with E-state index in [9.17, 15) is 18.0 Å². The summed E-state index contributed by atoms with van der Waals surface area (Å²) in [5, 5.41) is 0.660. The number of hydrogen-bond donors (Lipinski definition) is 1. The molecule has 37 heavy (non-hydrogen) atoms. The molecule has 1 aromatic carbocycles. The van der Waals surface area contributed by atoms with E-state index in [4.69, 9.17) is 10.5 Å². The Morgan fingerprint density at radius 3 is 2.38 bits per heavy atom. The van der Waals surface area contributed by atoms with Gasteiger partial charge in [-0.25, -0.2) is 8.42 Å². The van der Waals surface area contributed by atoms with E-state index in [0.717, 1.165) is 32.1 Å². The van der Waals surface area contributed by atoms with Crippen LogP contribution in [0.4, 0.5) is 0 Å². The summed E-state index contributed by atoms with van der Waals surface area (Å²) in [6.45, 7) is 2.42. The van der Waals surface area contributed by atoms with Crippen LogP contribution in [0.2, 0.25) is 0 Å². The lowest BCUT2D eigenvalue weighted by Crippen LogP contribution is -2.44. The summed E-state index contributed by atoms with van der Waals surface area (Å²) < 4.78 is 35.3. The number of sulfonamides is 1. The van der Waals surface area contributed by atoms with Crippen LogP contribution in [0.5, 0.6) is 0 Å². The average Bonchev–Trinajstić information content (AvgIpc) is 3.61. The first-order valence-corrected chi connectivity index (χ1v) is 15.3. The van der Waals surface area contributed by atoms with E-state index in [-0.39, 0.29) is 34.6 Å². The van der Waals surface area contributed by atoms with Crippen molar-refractivity contribution >= 4 is 26.8 Å². The van der Waals surface area contributed by atoms with Gasteiger partial charge in [0.05, 0.1) is 10.4 Å². The van der Waals surface area contributed by atoms with Crippen molar-refractivity contribution in [2.45, 2.75) is 114 Å². The van der Waals surface area contributed by atoms with Crippen molar-refractivity contribution in [3.63, 3.8) is 0 Å². The Morgan fingerprint density at radius 1 is 1.03 bits per heavy atom. The second-order valence-electron chi connectivity index (χ2n) is 10.6. The molecule has 2 aliphatic rings. The summed E-state index contributed by atoms with van der Waals surface area (Å²) in [4.78, 5) is 25.4. The molecule has 1 saturated heterocycles. The molecule has 0 amide bonds. The number of carbonyl (C=O) groups excluding carboxylic acids is 1. The fourth-order valence-corrected chi connectivity index (χ4v) is 7.66. The molecule has 2 N–H and O–H groups in total. The van der Waals surface area contributed by atoms with E-state index in [2.05, 4.69) is 6.92 Å². The first-order valence-electron chi connectivity index (χ1n) is 13.9. The number of ether oxygens (including phenoxy) is 1. The monoisotopic (exact) mass is 531 g/mol. The highest BCUT2D eigenvalue weighted by molar-refractivity contribution is 7.89. The number of nitrogens with zero attached hydrogens (tertiary/aromatic N) is 2. The van der Waals surface area contributed by atoms with Crippen molar-refractivity contribution in [3.8, 4) is 0 Å². The maximum absolute atomic E-state index is 13.6. The predicted octanol–water partition coefficient (Wildman–Crippen LogP) is 4.68. The second kappa shape index (κ2) is 12.1. The Bertz CT molecular complexity index is 1250. The maximum Gasteiger partial charge on any atom is 0.307 e. The van der Waals surface area contributed by atoms with E-state index >= 15 is 0 Å². The van der Waals surface area contributed by atoms with Crippen molar-refractivity contribution in [3.05, 3.63) is 40.8 Å². The van der Waals surface area contributed by atoms with Crippen LogP contribution in [0.25, 0.3) is 10.8 Å². The number of fused-ring (bicyclic) bond motifs is 1. The number of benzene rings is 1. The number of pyridine rings is 1. The number of carbonyl (C=O) groups is 1. The van der Waals surface area contributed by atoms with Crippen LogP contribution >= 0.6 is 0 Å². The zero-order chi connectivity index (χ0) is 26.5. The summed E-state index contributed by atoms with van der Waals surface area (Å²) in [5.41, 5.74) is 5.37. The molecule has 204 valence electrons. The molecule has 1 aromatic heterocycles. The standard InChI is InChI=1S/C28H41N3O5S/c1-2-3-4-5-6-7-8-9-10-14-26(32)36-21-30-19-15-22-23(27(30)33)12-11-13-24(22)37(34,35)31-20-16-25(29)28(31)17-18-28/h11-13,15,19,25H,2-10,14,16-18,20-21,29H2,1H3/t25-/m0/s1. The molecule has 1 aliphatic carbocycles. The summed E-state index contributed by atoms with van der Waals surface area (Å²) >= 11 is 0. The van der Waals surface area contributed by atoms with Gasteiger partial charge in [0.25, 0.3) is 5.56 Å². The van der Waals surface area contributed by atoms with Crippen molar-refractivity contribution in [2.75, 3.05) is 6.54 Å². The molecule has 1 saturated carbocycles. The molecule has 0 unspecified atom stereocenters. The first-order chi connectivity index (χ1) is 17.8. The minimum atomic E-state index is -3.80. The molecule has 1 aliphatic heterocycles. The number of esters is 1. The van der Waals surface area contributed by atoms with E-state index < -0.39 is 15.6 Å². The van der Waals surface area contributed by atoms with Gasteiger partial charge in [0, 0.05) is 36.0 Å². The average molecular weight is 532 g/mol. The number of rotatable bonds is 14. The fraction of sp³-hybridized carbons (Fsp3) is 0.643. The number of hydrogen-bond acceptors (Lipinski definition) is 6. The molecule has 9 heteroatoms. The van der Waals surface area contributed by atoms with Gasteiger partial charge < -0.3 is 10.5 Å². The molecule has 1 atom stereocenters. The third kappa shape index (κ3) is 6.10. The third-order valence-corrected chi connectivity index (χ3v) is 10.0. The minimum absolute atomic E-state index is 0.122. The van der Waals surface area contributed by atoms with Gasteiger partial charge >= 0.3 is 5.97 Å². The van der Waals surface area contributed by atoms with Crippen molar-refractivity contribution < 1.29 is 17.9 Å².